The molecule has 0 bridgehead atoms. The average molecular weight is 335 g/mol. The molecule has 1 aliphatic carbocycles. The highest BCUT2D eigenvalue weighted by Crippen LogP contribution is 2.39. The molecule has 0 heterocycles. The first-order valence-corrected chi connectivity index (χ1v) is 9.57. The van der Waals surface area contributed by atoms with E-state index < -0.39 is 10.0 Å². The Hall–Kier alpha value is -0.430. The summed E-state index contributed by atoms with van der Waals surface area (Å²) in [6.45, 7) is 0.457. The number of thioether (sulfide) groups is 1. The van der Waals surface area contributed by atoms with Crippen molar-refractivity contribution in [3.05, 3.63) is 23.2 Å². The molecule has 20 heavy (non-hydrogen) atoms. The van der Waals surface area contributed by atoms with E-state index in [4.69, 9.17) is 17.3 Å². The lowest BCUT2D eigenvalue weighted by atomic mass is 10.1. The second kappa shape index (κ2) is 6.13. The summed E-state index contributed by atoms with van der Waals surface area (Å²) < 4.78 is 27.3. The summed E-state index contributed by atoms with van der Waals surface area (Å²) in [4.78, 5) is 0.161. The Labute approximate surface area is 129 Å². The molecule has 0 atom stereocenters. The van der Waals surface area contributed by atoms with E-state index in [9.17, 15) is 8.42 Å². The lowest BCUT2D eigenvalue weighted by Gasteiger charge is -2.26. The normalized spacial score (nSPS) is 18.3. The third-order valence-corrected chi connectivity index (χ3v) is 6.97. The maximum absolute atomic E-state index is 12.3. The molecule has 2 rings (SSSR count). The van der Waals surface area contributed by atoms with E-state index in [-0.39, 0.29) is 15.3 Å². The molecular formula is C13H19ClN2O2S2. The summed E-state index contributed by atoms with van der Waals surface area (Å²) in [5.74, 6) is 0. The van der Waals surface area contributed by atoms with Crippen molar-refractivity contribution in [2.75, 3.05) is 18.5 Å². The number of sulfonamides is 1. The fourth-order valence-corrected chi connectivity index (χ4v) is 4.76. The third-order valence-electron chi connectivity index (χ3n) is 3.81. The summed E-state index contributed by atoms with van der Waals surface area (Å²) in [6.07, 6.45) is 6.48. The largest absolute Gasteiger partial charge is 0.397 e. The maximum atomic E-state index is 12.3. The first-order chi connectivity index (χ1) is 9.38. The molecular weight excluding hydrogens is 316 g/mol. The van der Waals surface area contributed by atoms with Gasteiger partial charge >= 0.3 is 0 Å². The van der Waals surface area contributed by atoms with Crippen molar-refractivity contribution in [3.8, 4) is 0 Å². The molecule has 1 fully saturated rings. The van der Waals surface area contributed by atoms with Crippen molar-refractivity contribution >= 4 is 39.1 Å². The van der Waals surface area contributed by atoms with Crippen molar-refractivity contribution in [2.24, 2.45) is 0 Å². The topological polar surface area (TPSA) is 72.2 Å². The zero-order valence-electron chi connectivity index (χ0n) is 11.4. The Kier molecular flexibility index (Phi) is 4.89. The van der Waals surface area contributed by atoms with Crippen LogP contribution in [0.3, 0.4) is 0 Å². The highest BCUT2D eigenvalue weighted by Gasteiger charge is 2.34. The molecule has 3 N–H and O–H groups in total. The highest BCUT2D eigenvalue weighted by molar-refractivity contribution is 8.00. The van der Waals surface area contributed by atoms with Crippen molar-refractivity contribution in [3.63, 3.8) is 0 Å². The maximum Gasteiger partial charge on any atom is 0.240 e. The van der Waals surface area contributed by atoms with E-state index >= 15 is 0 Å². The first-order valence-electron chi connectivity index (χ1n) is 6.48. The molecule has 0 amide bonds. The van der Waals surface area contributed by atoms with Gasteiger partial charge in [-0.2, -0.15) is 11.8 Å². The van der Waals surface area contributed by atoms with Crippen molar-refractivity contribution < 1.29 is 8.42 Å². The number of anilines is 1. The number of nitrogens with one attached hydrogen (secondary N) is 1. The van der Waals surface area contributed by atoms with Gasteiger partial charge in [0.2, 0.25) is 10.0 Å². The molecule has 0 unspecified atom stereocenters. The van der Waals surface area contributed by atoms with Crippen LogP contribution in [0.1, 0.15) is 25.7 Å². The Balaban J connectivity index is 2.13. The average Bonchev–Trinajstić information content (AvgIpc) is 2.89. The molecule has 0 aliphatic heterocycles. The third kappa shape index (κ3) is 3.42. The molecule has 0 spiro atoms. The molecule has 1 saturated carbocycles. The zero-order chi connectivity index (χ0) is 14.8. The molecule has 0 aromatic heterocycles. The predicted molar refractivity (Wildman–Crippen MR) is 85.8 cm³/mol. The van der Waals surface area contributed by atoms with Crippen molar-refractivity contribution in [2.45, 2.75) is 35.3 Å². The molecule has 1 aromatic carbocycles. The van der Waals surface area contributed by atoms with Gasteiger partial charge < -0.3 is 5.73 Å². The van der Waals surface area contributed by atoms with Crippen LogP contribution in [0.25, 0.3) is 0 Å². The van der Waals surface area contributed by atoms with Gasteiger partial charge in [0.15, 0.2) is 0 Å². The lowest BCUT2D eigenvalue weighted by Crippen LogP contribution is -2.38. The fourth-order valence-electron chi connectivity index (χ4n) is 2.47. The second-order valence-corrected chi connectivity index (χ2v) is 8.55. The Morgan fingerprint density at radius 3 is 2.60 bits per heavy atom. The minimum Gasteiger partial charge on any atom is -0.397 e. The fraction of sp³-hybridized carbons (Fsp3) is 0.538. The van der Waals surface area contributed by atoms with E-state index in [2.05, 4.69) is 4.72 Å². The van der Waals surface area contributed by atoms with Crippen molar-refractivity contribution in [1.82, 2.24) is 4.72 Å². The Morgan fingerprint density at radius 2 is 2.05 bits per heavy atom. The van der Waals surface area contributed by atoms with Gasteiger partial charge in [0.1, 0.15) is 0 Å². The first kappa shape index (κ1) is 15.9. The Bertz CT molecular complexity index is 584. The molecule has 1 aromatic rings. The summed E-state index contributed by atoms with van der Waals surface area (Å²) >= 11 is 7.56. The highest BCUT2D eigenvalue weighted by atomic mass is 35.5. The van der Waals surface area contributed by atoms with Crippen LogP contribution in [0.4, 0.5) is 5.69 Å². The lowest BCUT2D eigenvalue weighted by molar-refractivity contribution is 0.551. The van der Waals surface area contributed by atoms with Gasteiger partial charge in [-0.3, -0.25) is 0 Å². The van der Waals surface area contributed by atoms with Gasteiger partial charge in [-0.25, -0.2) is 13.1 Å². The van der Waals surface area contributed by atoms with Crippen LogP contribution in [-0.2, 0) is 10.0 Å². The van der Waals surface area contributed by atoms with E-state index in [0.717, 1.165) is 25.7 Å². The number of hydrogen-bond donors (Lipinski definition) is 2. The monoisotopic (exact) mass is 334 g/mol. The summed E-state index contributed by atoms with van der Waals surface area (Å²) in [5.41, 5.74) is 5.93. The number of benzene rings is 1. The van der Waals surface area contributed by atoms with E-state index in [1.54, 1.807) is 11.8 Å². The molecule has 0 saturated heterocycles. The molecule has 0 radical (unpaired) electrons. The predicted octanol–water partition coefficient (Wildman–Crippen LogP) is 2.88. The van der Waals surface area contributed by atoms with Crippen LogP contribution < -0.4 is 10.5 Å². The smallest absolute Gasteiger partial charge is 0.240 e. The number of hydrogen-bond acceptors (Lipinski definition) is 4. The molecule has 7 heteroatoms. The number of nitrogen functional groups attached to an aromatic ring is 1. The van der Waals surface area contributed by atoms with E-state index in [1.807, 2.05) is 6.26 Å². The van der Waals surface area contributed by atoms with Crippen molar-refractivity contribution in [1.29, 1.82) is 0 Å². The van der Waals surface area contributed by atoms with E-state index in [1.165, 1.54) is 18.2 Å². The van der Waals surface area contributed by atoms with Gasteiger partial charge in [0, 0.05) is 11.3 Å². The van der Waals surface area contributed by atoms with Gasteiger partial charge in [0.05, 0.1) is 15.6 Å². The van der Waals surface area contributed by atoms with Gasteiger partial charge in [-0.15, -0.1) is 0 Å². The van der Waals surface area contributed by atoms with Crippen LogP contribution >= 0.6 is 23.4 Å². The molecule has 112 valence electrons. The molecule has 4 nitrogen and oxygen atoms in total. The SMILES string of the molecule is CSC1(CNS(=O)(=O)c2ccc(Cl)c(N)c2)CCCC1. The van der Waals surface area contributed by atoms with Gasteiger partial charge in [0.25, 0.3) is 0 Å². The summed E-state index contributed by atoms with van der Waals surface area (Å²) in [7, 11) is -3.54. The second-order valence-electron chi connectivity index (χ2n) is 5.10. The number of rotatable bonds is 5. The molecule has 1 aliphatic rings. The summed E-state index contributed by atoms with van der Waals surface area (Å²) in [5, 5.41) is 0.361. The van der Waals surface area contributed by atoms with Gasteiger partial charge in [-0.1, -0.05) is 24.4 Å². The summed E-state index contributed by atoms with van der Waals surface area (Å²) in [6, 6.07) is 4.37. The minimum atomic E-state index is -3.54. The Morgan fingerprint density at radius 1 is 1.40 bits per heavy atom. The van der Waals surface area contributed by atoms with Crippen LogP contribution in [0.15, 0.2) is 23.1 Å². The van der Waals surface area contributed by atoms with Crippen LogP contribution in [0, 0.1) is 0 Å². The van der Waals surface area contributed by atoms with Crippen LogP contribution in [-0.4, -0.2) is 26.0 Å². The number of halogens is 1. The van der Waals surface area contributed by atoms with Crippen LogP contribution in [0.2, 0.25) is 5.02 Å². The quantitative estimate of drug-likeness (QED) is 0.812. The number of nitrogens with two attached hydrogens (primary N) is 1. The van der Waals surface area contributed by atoms with Gasteiger partial charge in [-0.05, 0) is 37.3 Å². The zero-order valence-corrected chi connectivity index (χ0v) is 13.7. The van der Waals surface area contributed by atoms with Crippen LogP contribution in [0.5, 0.6) is 0 Å². The van der Waals surface area contributed by atoms with E-state index in [0.29, 0.717) is 11.6 Å². The minimum absolute atomic E-state index is 0.0328. The standard InChI is InChI=1S/C13H19ClN2O2S2/c1-19-13(6-2-3-7-13)9-16-20(17,18)10-4-5-11(14)12(15)8-10/h4-5,8,16H,2-3,6-7,9,15H2,1H3.